The Labute approximate surface area is 129 Å². The normalized spacial score (nSPS) is 11.6. The predicted octanol–water partition coefficient (Wildman–Crippen LogP) is 3.54. The zero-order valence-corrected chi connectivity index (χ0v) is 14.0. The summed E-state index contributed by atoms with van der Waals surface area (Å²) in [4.78, 5) is 1.04. The number of nitrogens with zero attached hydrogens (tertiary/aromatic N) is 1. The molecule has 114 valence electrons. The van der Waals surface area contributed by atoms with Gasteiger partial charge < -0.3 is 5.11 Å². The highest BCUT2D eigenvalue weighted by Crippen LogP contribution is 2.32. The first kappa shape index (κ1) is 15.9. The summed E-state index contributed by atoms with van der Waals surface area (Å²) in [5, 5.41) is 9.64. The number of benzene rings is 1. The number of phenols is 1. The van der Waals surface area contributed by atoms with E-state index in [2.05, 4.69) is 0 Å². The molecule has 0 saturated heterocycles. The van der Waals surface area contributed by atoms with Gasteiger partial charge in [0.2, 0.25) is 0 Å². The van der Waals surface area contributed by atoms with E-state index in [4.69, 9.17) is 0 Å². The van der Waals surface area contributed by atoms with Gasteiger partial charge in [-0.15, -0.1) is 11.3 Å². The van der Waals surface area contributed by atoms with Crippen molar-refractivity contribution in [1.82, 2.24) is 0 Å². The van der Waals surface area contributed by atoms with Crippen LogP contribution >= 0.6 is 11.3 Å². The average Bonchev–Trinajstić information content (AvgIpc) is 2.93. The van der Waals surface area contributed by atoms with Crippen molar-refractivity contribution in [3.05, 3.63) is 40.8 Å². The van der Waals surface area contributed by atoms with Crippen LogP contribution in [0.2, 0.25) is 0 Å². The topological polar surface area (TPSA) is 57.6 Å². The zero-order chi connectivity index (χ0) is 15.6. The molecule has 0 aliphatic rings. The molecule has 0 unspecified atom stereocenters. The second kappa shape index (κ2) is 6.07. The lowest BCUT2D eigenvalue weighted by Crippen LogP contribution is -2.30. The average molecular weight is 325 g/mol. The van der Waals surface area contributed by atoms with Gasteiger partial charge in [-0.1, -0.05) is 13.0 Å². The Morgan fingerprint density at radius 3 is 2.48 bits per heavy atom. The molecule has 0 aliphatic carbocycles. The van der Waals surface area contributed by atoms with Gasteiger partial charge >= 0.3 is 0 Å². The number of thiophene rings is 1. The van der Waals surface area contributed by atoms with Crippen LogP contribution in [0.1, 0.15) is 24.3 Å². The molecule has 0 spiro atoms. The van der Waals surface area contributed by atoms with Gasteiger partial charge in [-0.05, 0) is 44.0 Å². The van der Waals surface area contributed by atoms with Crippen LogP contribution in [0.5, 0.6) is 5.75 Å². The number of rotatable bonds is 5. The summed E-state index contributed by atoms with van der Waals surface area (Å²) in [6, 6.07) is 8.26. The number of aryl methyl sites for hydroxylation is 2. The predicted molar refractivity (Wildman–Crippen MR) is 86.7 cm³/mol. The second-order valence-corrected chi connectivity index (χ2v) is 7.97. The third kappa shape index (κ3) is 3.06. The minimum atomic E-state index is -3.59. The van der Waals surface area contributed by atoms with Gasteiger partial charge in [-0.3, -0.25) is 4.31 Å². The summed E-state index contributed by atoms with van der Waals surface area (Å²) in [6.45, 7) is 5.93. The Morgan fingerprint density at radius 1 is 1.19 bits per heavy atom. The monoisotopic (exact) mass is 325 g/mol. The van der Waals surface area contributed by atoms with Crippen molar-refractivity contribution in [1.29, 1.82) is 0 Å². The maximum absolute atomic E-state index is 12.8. The first-order chi connectivity index (χ1) is 9.90. The maximum Gasteiger partial charge on any atom is 0.273 e. The van der Waals surface area contributed by atoms with Crippen LogP contribution in [-0.2, 0) is 16.4 Å². The Kier molecular flexibility index (Phi) is 4.58. The number of anilines is 1. The van der Waals surface area contributed by atoms with E-state index >= 15 is 0 Å². The van der Waals surface area contributed by atoms with Crippen LogP contribution < -0.4 is 4.31 Å². The van der Waals surface area contributed by atoms with Crippen LogP contribution in [0, 0.1) is 6.92 Å². The van der Waals surface area contributed by atoms with Crippen LogP contribution in [0.15, 0.2) is 34.5 Å². The van der Waals surface area contributed by atoms with Gasteiger partial charge in [-0.2, -0.15) is 0 Å². The molecule has 1 aromatic heterocycles. The molecular formula is C15H19NO3S2. The largest absolute Gasteiger partial charge is 0.508 e. The van der Waals surface area contributed by atoms with Gasteiger partial charge in [0.05, 0.1) is 5.69 Å². The Hall–Kier alpha value is -1.53. The fourth-order valence-corrected chi connectivity index (χ4v) is 5.07. The first-order valence-electron chi connectivity index (χ1n) is 6.81. The van der Waals surface area contributed by atoms with Crippen LogP contribution in [0.4, 0.5) is 5.69 Å². The Bertz CT molecular complexity index is 735. The van der Waals surface area contributed by atoms with E-state index < -0.39 is 10.0 Å². The van der Waals surface area contributed by atoms with E-state index in [9.17, 15) is 13.5 Å². The summed E-state index contributed by atoms with van der Waals surface area (Å²) in [6.07, 6.45) is 0.817. The van der Waals surface area contributed by atoms with E-state index in [0.717, 1.165) is 16.9 Å². The SMILES string of the molecule is CCc1ccc(S(=O)(=O)N(CC)c2cc(O)ccc2C)s1. The molecule has 6 heteroatoms. The summed E-state index contributed by atoms with van der Waals surface area (Å²) in [5.74, 6) is 0.0599. The fraction of sp³-hybridized carbons (Fsp3) is 0.333. The van der Waals surface area contributed by atoms with E-state index in [1.165, 1.54) is 21.7 Å². The maximum atomic E-state index is 12.8. The van der Waals surface area contributed by atoms with Crippen molar-refractivity contribution in [3.63, 3.8) is 0 Å². The van der Waals surface area contributed by atoms with Gasteiger partial charge in [0.25, 0.3) is 10.0 Å². The third-order valence-electron chi connectivity index (χ3n) is 3.28. The molecule has 0 atom stereocenters. The van der Waals surface area contributed by atoms with Crippen LogP contribution in [0.25, 0.3) is 0 Å². The second-order valence-electron chi connectivity index (χ2n) is 4.71. The molecule has 1 N–H and O–H groups in total. The van der Waals surface area contributed by atoms with Gasteiger partial charge in [-0.25, -0.2) is 8.42 Å². The van der Waals surface area contributed by atoms with E-state index in [-0.39, 0.29) is 5.75 Å². The summed E-state index contributed by atoms with van der Waals surface area (Å²) < 4.78 is 27.3. The minimum Gasteiger partial charge on any atom is -0.508 e. The number of phenolic OH excluding ortho intramolecular Hbond substituents is 1. The molecule has 0 saturated carbocycles. The molecular weight excluding hydrogens is 306 g/mol. The van der Waals surface area contributed by atoms with Crippen LogP contribution in [-0.4, -0.2) is 20.1 Å². The summed E-state index contributed by atoms with van der Waals surface area (Å²) >= 11 is 1.30. The molecule has 0 bridgehead atoms. The lowest BCUT2D eigenvalue weighted by atomic mass is 10.2. The zero-order valence-electron chi connectivity index (χ0n) is 12.3. The Balaban J connectivity index is 2.51. The van der Waals surface area contributed by atoms with Crippen LogP contribution in [0.3, 0.4) is 0 Å². The molecule has 4 nitrogen and oxygen atoms in total. The molecule has 1 aromatic carbocycles. The summed E-state index contributed by atoms with van der Waals surface area (Å²) in [5.41, 5.74) is 1.33. The fourth-order valence-electron chi connectivity index (χ4n) is 2.13. The minimum absolute atomic E-state index is 0.0599. The number of aromatic hydroxyl groups is 1. The third-order valence-corrected chi connectivity index (χ3v) is 6.86. The Morgan fingerprint density at radius 2 is 1.90 bits per heavy atom. The lowest BCUT2D eigenvalue weighted by Gasteiger charge is -2.24. The highest BCUT2D eigenvalue weighted by Gasteiger charge is 2.26. The molecule has 1 heterocycles. The molecule has 21 heavy (non-hydrogen) atoms. The first-order valence-corrected chi connectivity index (χ1v) is 9.06. The summed E-state index contributed by atoms with van der Waals surface area (Å²) in [7, 11) is -3.59. The number of sulfonamides is 1. The van der Waals surface area contributed by atoms with Crippen molar-refractivity contribution in [2.24, 2.45) is 0 Å². The highest BCUT2D eigenvalue weighted by atomic mass is 32.2. The molecule has 0 fully saturated rings. The van der Waals surface area contributed by atoms with E-state index in [0.29, 0.717) is 16.4 Å². The van der Waals surface area contributed by atoms with Crippen molar-refractivity contribution < 1.29 is 13.5 Å². The van der Waals surface area contributed by atoms with E-state index in [1.54, 1.807) is 25.1 Å². The molecule has 2 aromatic rings. The standard InChI is InChI=1S/C15H19NO3S2/c1-4-13-8-9-15(20-13)21(18,19)16(5-2)14-10-12(17)7-6-11(14)3/h6-10,17H,4-5H2,1-3H3. The molecule has 0 aliphatic heterocycles. The van der Waals surface area contributed by atoms with Crippen molar-refractivity contribution >= 4 is 27.0 Å². The van der Waals surface area contributed by atoms with Gasteiger partial charge in [0.1, 0.15) is 9.96 Å². The van der Waals surface area contributed by atoms with Gasteiger partial charge in [0.15, 0.2) is 0 Å². The molecule has 2 rings (SSSR count). The smallest absolute Gasteiger partial charge is 0.273 e. The number of hydrogen-bond donors (Lipinski definition) is 1. The van der Waals surface area contributed by atoms with Crippen molar-refractivity contribution in [3.8, 4) is 5.75 Å². The van der Waals surface area contributed by atoms with Crippen molar-refractivity contribution in [2.45, 2.75) is 31.4 Å². The van der Waals surface area contributed by atoms with Crippen molar-refractivity contribution in [2.75, 3.05) is 10.8 Å². The van der Waals surface area contributed by atoms with Gasteiger partial charge in [0, 0.05) is 17.5 Å². The molecule has 0 radical (unpaired) electrons. The quantitative estimate of drug-likeness (QED) is 0.915. The molecule has 0 amide bonds. The van der Waals surface area contributed by atoms with E-state index in [1.807, 2.05) is 19.9 Å². The lowest BCUT2D eigenvalue weighted by molar-refractivity contribution is 0.475. The number of hydrogen-bond acceptors (Lipinski definition) is 4. The highest BCUT2D eigenvalue weighted by molar-refractivity contribution is 7.94.